The Labute approximate surface area is 132 Å². The smallest absolute Gasteiger partial charge is 0.243 e. The van der Waals surface area contributed by atoms with Crippen molar-refractivity contribution in [3.63, 3.8) is 0 Å². The van der Waals surface area contributed by atoms with Crippen LogP contribution in [-0.4, -0.2) is 22.8 Å². The molecule has 0 aliphatic heterocycles. The van der Waals surface area contributed by atoms with Gasteiger partial charge in [0, 0.05) is 17.6 Å². The lowest BCUT2D eigenvalue weighted by molar-refractivity contribution is -0.121. The molecule has 5 nitrogen and oxygen atoms in total. The molecule has 6 heteroatoms. The average Bonchev–Trinajstić information content (AvgIpc) is 3.15. The van der Waals surface area contributed by atoms with Crippen LogP contribution in [0.1, 0.15) is 19.3 Å². The van der Waals surface area contributed by atoms with Crippen LogP contribution >= 0.6 is 0 Å². The van der Waals surface area contributed by atoms with Gasteiger partial charge in [0.2, 0.25) is 11.8 Å². The summed E-state index contributed by atoms with van der Waals surface area (Å²) >= 11 is 0. The maximum absolute atomic E-state index is 13.7. The van der Waals surface area contributed by atoms with Crippen LogP contribution in [0.15, 0.2) is 37.1 Å². The number of benzene rings is 1. The summed E-state index contributed by atoms with van der Waals surface area (Å²) < 4.78 is 13.7. The minimum atomic E-state index is -0.418. The van der Waals surface area contributed by atoms with Gasteiger partial charge in [0.25, 0.3) is 0 Å². The zero-order valence-corrected chi connectivity index (χ0v) is 12.6. The van der Waals surface area contributed by atoms with E-state index in [1.807, 2.05) is 0 Å². The Morgan fingerprint density at radius 1 is 1.35 bits per heavy atom. The van der Waals surface area contributed by atoms with Gasteiger partial charge in [0.1, 0.15) is 5.82 Å². The first-order valence-corrected chi connectivity index (χ1v) is 7.59. The lowest BCUT2D eigenvalue weighted by Crippen LogP contribution is -2.41. The first-order valence-electron chi connectivity index (χ1n) is 7.59. The van der Waals surface area contributed by atoms with Gasteiger partial charge in [0.15, 0.2) is 0 Å². The number of rotatable bonds is 4. The van der Waals surface area contributed by atoms with Crippen LogP contribution in [0.4, 0.5) is 10.1 Å². The summed E-state index contributed by atoms with van der Waals surface area (Å²) in [7, 11) is 0. The molecule has 1 heterocycles. The van der Waals surface area contributed by atoms with E-state index >= 15 is 0 Å². The Hall–Kier alpha value is -2.63. The number of anilines is 1. The molecule has 3 N–H and O–H groups in total. The number of hydrogen-bond donors (Lipinski definition) is 3. The second-order valence-electron chi connectivity index (χ2n) is 5.74. The molecule has 0 unspecified atom stereocenters. The SMILES string of the molecule is C=CC(=O)N[C@@H]1CCC[C@@H]1C(=O)Nc1cc(F)cc2[nH]ccc12. The molecule has 2 aromatic rings. The third-order valence-corrected chi connectivity index (χ3v) is 4.26. The topological polar surface area (TPSA) is 74.0 Å². The highest BCUT2D eigenvalue weighted by atomic mass is 19.1. The molecular weight excluding hydrogens is 297 g/mol. The number of halogens is 1. The number of hydrogen-bond acceptors (Lipinski definition) is 2. The highest BCUT2D eigenvalue weighted by Gasteiger charge is 2.33. The normalized spacial score (nSPS) is 20.4. The summed E-state index contributed by atoms with van der Waals surface area (Å²) in [4.78, 5) is 26.9. The first kappa shape index (κ1) is 15.3. The minimum absolute atomic E-state index is 0.204. The van der Waals surface area contributed by atoms with Gasteiger partial charge in [-0.25, -0.2) is 4.39 Å². The molecule has 0 saturated heterocycles. The molecule has 23 heavy (non-hydrogen) atoms. The van der Waals surface area contributed by atoms with Crippen LogP contribution in [0.5, 0.6) is 0 Å². The molecule has 3 rings (SSSR count). The van der Waals surface area contributed by atoms with Gasteiger partial charge in [-0.05, 0) is 37.1 Å². The van der Waals surface area contributed by atoms with E-state index in [0.29, 0.717) is 17.6 Å². The fourth-order valence-corrected chi connectivity index (χ4v) is 3.15. The van der Waals surface area contributed by atoms with Crippen LogP contribution in [0.25, 0.3) is 10.9 Å². The molecule has 0 radical (unpaired) electrons. The summed E-state index contributed by atoms with van der Waals surface area (Å²) in [5.74, 6) is -1.23. The monoisotopic (exact) mass is 315 g/mol. The lowest BCUT2D eigenvalue weighted by Gasteiger charge is -2.20. The zero-order chi connectivity index (χ0) is 16.4. The van der Waals surface area contributed by atoms with Crippen molar-refractivity contribution in [2.75, 3.05) is 5.32 Å². The Balaban J connectivity index is 1.78. The molecule has 120 valence electrons. The van der Waals surface area contributed by atoms with Gasteiger partial charge in [-0.15, -0.1) is 0 Å². The van der Waals surface area contributed by atoms with E-state index in [9.17, 15) is 14.0 Å². The number of fused-ring (bicyclic) bond motifs is 1. The molecule has 1 saturated carbocycles. The largest absolute Gasteiger partial charge is 0.361 e. The number of nitrogens with one attached hydrogen (secondary N) is 3. The van der Waals surface area contributed by atoms with E-state index < -0.39 is 5.82 Å². The van der Waals surface area contributed by atoms with Crippen molar-refractivity contribution in [2.45, 2.75) is 25.3 Å². The van der Waals surface area contributed by atoms with Crippen molar-refractivity contribution < 1.29 is 14.0 Å². The Morgan fingerprint density at radius 2 is 2.17 bits per heavy atom. The predicted octanol–water partition coefficient (Wildman–Crippen LogP) is 2.72. The minimum Gasteiger partial charge on any atom is -0.361 e. The lowest BCUT2D eigenvalue weighted by atomic mass is 10.0. The van der Waals surface area contributed by atoms with Gasteiger partial charge in [0.05, 0.1) is 17.1 Å². The molecule has 1 aliphatic rings. The maximum Gasteiger partial charge on any atom is 0.243 e. The Morgan fingerprint density at radius 3 is 2.96 bits per heavy atom. The van der Waals surface area contributed by atoms with Gasteiger partial charge < -0.3 is 15.6 Å². The van der Waals surface area contributed by atoms with Crippen molar-refractivity contribution in [3.05, 3.63) is 42.9 Å². The average molecular weight is 315 g/mol. The molecule has 1 aromatic heterocycles. The second kappa shape index (κ2) is 6.24. The number of aromatic amines is 1. The van der Waals surface area contributed by atoms with Gasteiger partial charge >= 0.3 is 0 Å². The summed E-state index contributed by atoms with van der Waals surface area (Å²) in [6, 6.07) is 4.26. The quantitative estimate of drug-likeness (QED) is 0.759. The maximum atomic E-state index is 13.7. The van der Waals surface area contributed by atoms with Crippen LogP contribution in [-0.2, 0) is 9.59 Å². The standard InChI is InChI=1S/C17H18FN3O2/c1-2-16(22)20-13-5-3-4-12(13)17(23)21-15-9-10(18)8-14-11(15)6-7-19-14/h2,6-9,12-13,19H,1,3-5H2,(H,20,22)(H,21,23)/t12-,13+/m0/s1. The number of carbonyl (C=O) groups excluding carboxylic acids is 2. The molecule has 1 fully saturated rings. The van der Waals surface area contributed by atoms with Crippen LogP contribution in [0.2, 0.25) is 0 Å². The second-order valence-corrected chi connectivity index (χ2v) is 5.74. The van der Waals surface area contributed by atoms with Crippen molar-refractivity contribution in [1.82, 2.24) is 10.3 Å². The third-order valence-electron chi connectivity index (χ3n) is 4.26. The third kappa shape index (κ3) is 3.11. The van der Waals surface area contributed by atoms with E-state index in [0.717, 1.165) is 18.2 Å². The van der Waals surface area contributed by atoms with Gasteiger partial charge in [-0.2, -0.15) is 0 Å². The fourth-order valence-electron chi connectivity index (χ4n) is 3.15. The van der Waals surface area contributed by atoms with Crippen molar-refractivity contribution in [1.29, 1.82) is 0 Å². The zero-order valence-electron chi connectivity index (χ0n) is 12.6. The van der Waals surface area contributed by atoms with Crippen LogP contribution in [0.3, 0.4) is 0 Å². The van der Waals surface area contributed by atoms with E-state index in [4.69, 9.17) is 0 Å². The molecule has 2 amide bonds. The van der Waals surface area contributed by atoms with Crippen molar-refractivity contribution in [3.8, 4) is 0 Å². The molecule has 0 bridgehead atoms. The summed E-state index contributed by atoms with van der Waals surface area (Å²) in [5, 5.41) is 6.34. The van der Waals surface area contributed by atoms with Crippen molar-refractivity contribution >= 4 is 28.4 Å². The van der Waals surface area contributed by atoms with E-state index in [1.165, 1.54) is 18.2 Å². The number of aromatic nitrogens is 1. The number of carbonyl (C=O) groups is 2. The number of H-pyrrole nitrogens is 1. The summed E-state index contributed by atoms with van der Waals surface area (Å²) in [5.41, 5.74) is 1.06. The van der Waals surface area contributed by atoms with Crippen LogP contribution < -0.4 is 10.6 Å². The summed E-state index contributed by atoms with van der Waals surface area (Å²) in [6.45, 7) is 3.42. The number of amides is 2. The van der Waals surface area contributed by atoms with Gasteiger partial charge in [-0.3, -0.25) is 9.59 Å². The highest BCUT2D eigenvalue weighted by molar-refractivity contribution is 6.02. The van der Waals surface area contributed by atoms with E-state index in [2.05, 4.69) is 22.2 Å². The predicted molar refractivity (Wildman–Crippen MR) is 86.4 cm³/mol. The van der Waals surface area contributed by atoms with Crippen LogP contribution in [0, 0.1) is 11.7 Å². The summed E-state index contributed by atoms with van der Waals surface area (Å²) in [6.07, 6.45) is 5.20. The first-order chi connectivity index (χ1) is 11.1. The molecule has 2 atom stereocenters. The Kier molecular flexibility index (Phi) is 4.14. The van der Waals surface area contributed by atoms with E-state index in [1.54, 1.807) is 12.3 Å². The molecule has 1 aromatic carbocycles. The Bertz CT molecular complexity index is 768. The highest BCUT2D eigenvalue weighted by Crippen LogP contribution is 2.29. The molecule has 1 aliphatic carbocycles. The van der Waals surface area contributed by atoms with Gasteiger partial charge in [-0.1, -0.05) is 13.0 Å². The molecule has 0 spiro atoms. The molecular formula is C17H18FN3O2. The fraction of sp³-hybridized carbons (Fsp3) is 0.294. The van der Waals surface area contributed by atoms with Crippen molar-refractivity contribution in [2.24, 2.45) is 5.92 Å². The van der Waals surface area contributed by atoms with E-state index in [-0.39, 0.29) is 23.8 Å².